The van der Waals surface area contributed by atoms with Crippen LogP contribution in [-0.2, 0) is 14.8 Å². The Balaban J connectivity index is 1.76. The van der Waals surface area contributed by atoms with E-state index in [1.165, 1.54) is 4.31 Å². The molecule has 2 aliphatic rings. The SMILES string of the molecule is CCCS(=O)(=O)N1CCCC[C@@H]1C(=O)N[C@H]1CCOc2ccccc21. The molecule has 0 aromatic heterocycles. The van der Waals surface area contributed by atoms with E-state index in [0.29, 0.717) is 32.4 Å². The van der Waals surface area contributed by atoms with E-state index in [2.05, 4.69) is 5.32 Å². The average Bonchev–Trinajstić information content (AvgIpc) is 2.62. The highest BCUT2D eigenvalue weighted by molar-refractivity contribution is 7.89. The lowest BCUT2D eigenvalue weighted by Crippen LogP contribution is -2.53. The number of amides is 1. The fraction of sp³-hybridized carbons (Fsp3) is 0.611. The first-order valence-corrected chi connectivity index (χ1v) is 10.7. The summed E-state index contributed by atoms with van der Waals surface area (Å²) in [5, 5.41) is 3.06. The van der Waals surface area contributed by atoms with Gasteiger partial charge in [0.15, 0.2) is 0 Å². The van der Waals surface area contributed by atoms with Crippen LogP contribution in [0.5, 0.6) is 5.75 Å². The highest BCUT2D eigenvalue weighted by atomic mass is 32.2. The normalized spacial score (nSPS) is 24.2. The Hall–Kier alpha value is -1.60. The molecule has 3 rings (SSSR count). The molecule has 2 heterocycles. The number of carbonyl (C=O) groups excluding carboxylic acids is 1. The van der Waals surface area contributed by atoms with Gasteiger partial charge in [-0.25, -0.2) is 8.42 Å². The Labute approximate surface area is 149 Å². The van der Waals surface area contributed by atoms with Crippen molar-refractivity contribution in [3.05, 3.63) is 29.8 Å². The van der Waals surface area contributed by atoms with Gasteiger partial charge >= 0.3 is 0 Å². The number of benzene rings is 1. The van der Waals surface area contributed by atoms with Gasteiger partial charge in [-0.2, -0.15) is 4.31 Å². The van der Waals surface area contributed by atoms with Gasteiger partial charge in [-0.05, 0) is 25.3 Å². The molecular formula is C18H26N2O4S. The van der Waals surface area contributed by atoms with Crippen molar-refractivity contribution < 1.29 is 17.9 Å². The molecule has 1 saturated heterocycles. The molecule has 6 nitrogen and oxygen atoms in total. The number of rotatable bonds is 5. The maximum Gasteiger partial charge on any atom is 0.238 e. The van der Waals surface area contributed by atoms with Gasteiger partial charge in [-0.1, -0.05) is 31.5 Å². The molecule has 1 N–H and O–H groups in total. The molecule has 0 radical (unpaired) electrons. The summed E-state index contributed by atoms with van der Waals surface area (Å²) in [5.74, 6) is 0.691. The van der Waals surface area contributed by atoms with Gasteiger partial charge < -0.3 is 10.1 Å². The lowest BCUT2D eigenvalue weighted by Gasteiger charge is -2.35. The van der Waals surface area contributed by atoms with E-state index >= 15 is 0 Å². The van der Waals surface area contributed by atoms with Crippen LogP contribution in [0.15, 0.2) is 24.3 Å². The summed E-state index contributed by atoms with van der Waals surface area (Å²) in [6.07, 6.45) is 3.52. The fourth-order valence-corrected chi connectivity index (χ4v) is 5.38. The first-order chi connectivity index (χ1) is 12.0. The van der Waals surface area contributed by atoms with Gasteiger partial charge in [-0.3, -0.25) is 4.79 Å². The zero-order chi connectivity index (χ0) is 17.9. The third-order valence-corrected chi connectivity index (χ3v) is 6.93. The molecule has 1 amide bonds. The third kappa shape index (κ3) is 3.98. The molecule has 25 heavy (non-hydrogen) atoms. The molecule has 138 valence electrons. The molecular weight excluding hydrogens is 340 g/mol. The molecule has 1 aromatic carbocycles. The van der Waals surface area contributed by atoms with Crippen LogP contribution in [-0.4, -0.2) is 43.6 Å². The van der Waals surface area contributed by atoms with Gasteiger partial charge in [0.25, 0.3) is 0 Å². The van der Waals surface area contributed by atoms with Gasteiger partial charge in [0.2, 0.25) is 15.9 Å². The third-order valence-electron chi connectivity index (χ3n) is 4.85. The van der Waals surface area contributed by atoms with Crippen molar-refractivity contribution in [3.8, 4) is 5.75 Å². The Morgan fingerprint density at radius 2 is 2.08 bits per heavy atom. The van der Waals surface area contributed by atoms with Crippen molar-refractivity contribution in [3.63, 3.8) is 0 Å². The van der Waals surface area contributed by atoms with Crippen molar-refractivity contribution in [2.45, 2.75) is 51.1 Å². The van der Waals surface area contributed by atoms with Crippen LogP contribution in [0.4, 0.5) is 0 Å². The molecule has 2 atom stereocenters. The zero-order valence-corrected chi connectivity index (χ0v) is 15.4. The molecule has 0 saturated carbocycles. The highest BCUT2D eigenvalue weighted by Gasteiger charge is 2.37. The smallest absolute Gasteiger partial charge is 0.238 e. The van der Waals surface area contributed by atoms with Gasteiger partial charge in [-0.15, -0.1) is 0 Å². The summed E-state index contributed by atoms with van der Waals surface area (Å²) >= 11 is 0. The number of nitrogens with one attached hydrogen (secondary N) is 1. The van der Waals surface area contributed by atoms with Gasteiger partial charge in [0.1, 0.15) is 11.8 Å². The van der Waals surface area contributed by atoms with Crippen LogP contribution in [0.1, 0.15) is 50.6 Å². The summed E-state index contributed by atoms with van der Waals surface area (Å²) in [6, 6.07) is 6.95. The summed E-state index contributed by atoms with van der Waals surface area (Å²) in [6.45, 7) is 2.82. The number of para-hydroxylation sites is 1. The maximum absolute atomic E-state index is 12.9. The van der Waals surface area contributed by atoms with Crippen molar-refractivity contribution in [2.24, 2.45) is 0 Å². The molecule has 0 spiro atoms. The van der Waals surface area contributed by atoms with E-state index in [1.54, 1.807) is 0 Å². The fourth-order valence-electron chi connectivity index (χ4n) is 3.64. The number of hydrogen-bond donors (Lipinski definition) is 1. The minimum atomic E-state index is -3.38. The quantitative estimate of drug-likeness (QED) is 0.867. The second-order valence-corrected chi connectivity index (χ2v) is 8.72. The number of hydrogen-bond acceptors (Lipinski definition) is 4. The average molecular weight is 366 g/mol. The summed E-state index contributed by atoms with van der Waals surface area (Å²) in [5.41, 5.74) is 0.959. The van der Waals surface area contributed by atoms with Crippen molar-refractivity contribution in [2.75, 3.05) is 18.9 Å². The first kappa shape index (κ1) is 18.2. The van der Waals surface area contributed by atoms with E-state index in [9.17, 15) is 13.2 Å². The second-order valence-electron chi connectivity index (χ2n) is 6.67. The number of sulfonamides is 1. The van der Waals surface area contributed by atoms with Crippen LogP contribution >= 0.6 is 0 Å². The zero-order valence-electron chi connectivity index (χ0n) is 14.6. The largest absolute Gasteiger partial charge is 0.493 e. The molecule has 1 fully saturated rings. The molecule has 0 unspecified atom stereocenters. The van der Waals surface area contributed by atoms with Crippen molar-refractivity contribution in [1.29, 1.82) is 0 Å². The second kappa shape index (κ2) is 7.74. The van der Waals surface area contributed by atoms with E-state index in [4.69, 9.17) is 4.74 Å². The van der Waals surface area contributed by atoms with Gasteiger partial charge in [0.05, 0.1) is 18.4 Å². The summed E-state index contributed by atoms with van der Waals surface area (Å²) in [7, 11) is -3.38. The molecule has 0 bridgehead atoms. The van der Waals surface area contributed by atoms with Crippen LogP contribution in [0.25, 0.3) is 0 Å². The molecule has 2 aliphatic heterocycles. The van der Waals surface area contributed by atoms with E-state index in [1.807, 2.05) is 31.2 Å². The van der Waals surface area contributed by atoms with Crippen molar-refractivity contribution >= 4 is 15.9 Å². The number of nitrogens with zero attached hydrogens (tertiary/aromatic N) is 1. The number of carbonyl (C=O) groups is 1. The van der Waals surface area contributed by atoms with Crippen LogP contribution in [0, 0.1) is 0 Å². The standard InChI is InChI=1S/C18H26N2O4S/c1-2-13-25(22,23)20-11-6-5-8-16(20)18(21)19-15-10-12-24-17-9-4-3-7-14(15)17/h3-4,7,9,15-16H,2,5-6,8,10-13H2,1H3,(H,19,21)/t15-,16+/m0/s1. The predicted octanol–water partition coefficient (Wildman–Crippen LogP) is 2.22. The molecule has 7 heteroatoms. The lowest BCUT2D eigenvalue weighted by atomic mass is 9.99. The van der Waals surface area contributed by atoms with E-state index in [-0.39, 0.29) is 17.7 Å². The van der Waals surface area contributed by atoms with Crippen LogP contribution in [0.3, 0.4) is 0 Å². The Morgan fingerprint density at radius 3 is 2.88 bits per heavy atom. The molecule has 1 aromatic rings. The van der Waals surface area contributed by atoms with E-state index in [0.717, 1.165) is 24.2 Å². The first-order valence-electron chi connectivity index (χ1n) is 9.04. The highest BCUT2D eigenvalue weighted by Crippen LogP contribution is 2.32. The van der Waals surface area contributed by atoms with Gasteiger partial charge in [0, 0.05) is 18.5 Å². The summed E-state index contributed by atoms with van der Waals surface area (Å²) < 4.78 is 32.1. The number of piperidine rings is 1. The molecule has 0 aliphatic carbocycles. The number of ether oxygens (including phenoxy) is 1. The van der Waals surface area contributed by atoms with E-state index < -0.39 is 16.1 Å². The van der Waals surface area contributed by atoms with Crippen molar-refractivity contribution in [1.82, 2.24) is 9.62 Å². The minimum absolute atomic E-state index is 0.0941. The topological polar surface area (TPSA) is 75.7 Å². The lowest BCUT2D eigenvalue weighted by molar-refractivity contribution is -0.126. The Bertz CT molecular complexity index is 720. The maximum atomic E-state index is 12.9. The summed E-state index contributed by atoms with van der Waals surface area (Å²) in [4.78, 5) is 12.9. The van der Waals surface area contributed by atoms with Crippen LogP contribution in [0.2, 0.25) is 0 Å². The monoisotopic (exact) mass is 366 g/mol. The Morgan fingerprint density at radius 1 is 1.28 bits per heavy atom. The number of fused-ring (bicyclic) bond motifs is 1. The van der Waals surface area contributed by atoms with Crippen LogP contribution < -0.4 is 10.1 Å². The Kier molecular flexibility index (Phi) is 5.64. The predicted molar refractivity (Wildman–Crippen MR) is 95.9 cm³/mol. The minimum Gasteiger partial charge on any atom is -0.493 e.